The summed E-state index contributed by atoms with van der Waals surface area (Å²) in [5.41, 5.74) is 5.95. The van der Waals surface area contributed by atoms with Gasteiger partial charge < -0.3 is 16.0 Å². The van der Waals surface area contributed by atoms with Crippen LogP contribution in [0.2, 0.25) is 0 Å². The lowest BCUT2D eigenvalue weighted by atomic mass is 10.1. The quantitative estimate of drug-likeness (QED) is 0.419. The van der Waals surface area contributed by atoms with Crippen LogP contribution in [0.1, 0.15) is 27.6 Å². The van der Waals surface area contributed by atoms with Crippen LogP contribution in [0.4, 0.5) is 5.95 Å². The molecule has 0 saturated heterocycles. The molecule has 9 nitrogen and oxygen atoms in total. The van der Waals surface area contributed by atoms with Crippen molar-refractivity contribution < 1.29 is 9.59 Å². The van der Waals surface area contributed by atoms with E-state index in [1.807, 2.05) is 0 Å². The van der Waals surface area contributed by atoms with Gasteiger partial charge in [-0.25, -0.2) is 9.97 Å². The van der Waals surface area contributed by atoms with Crippen LogP contribution in [0.5, 0.6) is 0 Å². The van der Waals surface area contributed by atoms with E-state index >= 15 is 0 Å². The maximum Gasteiger partial charge on any atom is 0.254 e. The number of amidine groups is 1. The minimum Gasteiger partial charge on any atom is -0.368 e. The Morgan fingerprint density at radius 2 is 1.96 bits per heavy atom. The molecular formula is C17H19N7O2. The number of carbonyl (C=O) groups excluding carboxylic acids is 2. The van der Waals surface area contributed by atoms with Crippen LogP contribution in [0, 0.1) is 5.41 Å². The number of nitrogens with one attached hydrogen (secondary N) is 2. The first-order valence-electron chi connectivity index (χ1n) is 7.72. The largest absolute Gasteiger partial charge is 0.368 e. The average molecular weight is 353 g/mol. The molecule has 4 N–H and O–H groups in total. The molecule has 1 heterocycles. The standard InChI is InChI=1S/C17H19N7O2/c1-11(14(22-16(18)19)23-17-20-8-5-9-21-17)24(2)15(26)13-7-4-3-6-12(13)10-25/h3-11H,1-2H3,(H4,18,19,20,21,22,23). The van der Waals surface area contributed by atoms with Gasteiger partial charge in [-0.3, -0.25) is 15.0 Å². The summed E-state index contributed by atoms with van der Waals surface area (Å²) in [7, 11) is 1.57. The van der Waals surface area contributed by atoms with Gasteiger partial charge in [0, 0.05) is 25.0 Å². The highest BCUT2D eigenvalue weighted by molar-refractivity contribution is 6.08. The third kappa shape index (κ3) is 4.47. The molecule has 0 saturated carbocycles. The molecule has 0 bridgehead atoms. The highest BCUT2D eigenvalue weighted by Gasteiger charge is 2.24. The first-order chi connectivity index (χ1) is 12.4. The molecule has 1 unspecified atom stereocenters. The summed E-state index contributed by atoms with van der Waals surface area (Å²) in [5.74, 6) is -0.312. The Hall–Kier alpha value is -3.62. The second-order valence-corrected chi connectivity index (χ2v) is 5.38. The monoisotopic (exact) mass is 353 g/mol. The number of benzene rings is 1. The van der Waals surface area contributed by atoms with E-state index in [4.69, 9.17) is 11.1 Å². The summed E-state index contributed by atoms with van der Waals surface area (Å²) >= 11 is 0. The number of amides is 1. The molecule has 9 heteroatoms. The lowest BCUT2D eigenvalue weighted by molar-refractivity contribution is 0.0775. The van der Waals surface area contributed by atoms with Crippen LogP contribution in [-0.4, -0.2) is 51.9 Å². The fourth-order valence-electron chi connectivity index (χ4n) is 2.18. The lowest BCUT2D eigenvalue weighted by Crippen LogP contribution is -2.44. The number of aromatic nitrogens is 2. The van der Waals surface area contributed by atoms with Gasteiger partial charge >= 0.3 is 0 Å². The van der Waals surface area contributed by atoms with Crippen molar-refractivity contribution in [3.8, 4) is 0 Å². The fraction of sp³-hybridized carbons (Fsp3) is 0.176. The predicted molar refractivity (Wildman–Crippen MR) is 98.4 cm³/mol. The summed E-state index contributed by atoms with van der Waals surface area (Å²) in [6, 6.07) is 7.57. The van der Waals surface area contributed by atoms with Gasteiger partial charge in [-0.05, 0) is 19.1 Å². The highest BCUT2D eigenvalue weighted by atomic mass is 16.2. The third-order valence-electron chi connectivity index (χ3n) is 3.66. The summed E-state index contributed by atoms with van der Waals surface area (Å²) in [6.45, 7) is 1.71. The second-order valence-electron chi connectivity index (χ2n) is 5.38. The molecule has 134 valence electrons. The molecule has 1 atom stereocenters. The maximum atomic E-state index is 12.8. The Balaban J connectivity index is 2.29. The van der Waals surface area contributed by atoms with Crippen LogP contribution in [0.15, 0.2) is 47.7 Å². The normalized spacial score (nSPS) is 12.2. The zero-order chi connectivity index (χ0) is 19.1. The Bertz CT molecular complexity index is 836. The zero-order valence-corrected chi connectivity index (χ0v) is 14.4. The lowest BCUT2D eigenvalue weighted by Gasteiger charge is -2.26. The van der Waals surface area contributed by atoms with E-state index in [0.717, 1.165) is 0 Å². The number of anilines is 1. The van der Waals surface area contributed by atoms with Gasteiger partial charge in [0.2, 0.25) is 11.9 Å². The summed E-state index contributed by atoms with van der Waals surface area (Å²) in [5, 5.41) is 10.3. The minimum atomic E-state index is -0.588. The summed E-state index contributed by atoms with van der Waals surface area (Å²) < 4.78 is 0. The molecular weight excluding hydrogens is 334 g/mol. The summed E-state index contributed by atoms with van der Waals surface area (Å²) in [6.07, 6.45) is 3.72. The average Bonchev–Trinajstić information content (AvgIpc) is 2.66. The molecule has 0 aliphatic carbocycles. The number of hydrogen-bond acceptors (Lipinski definition) is 5. The van der Waals surface area contributed by atoms with Crippen LogP contribution in [-0.2, 0) is 0 Å². The van der Waals surface area contributed by atoms with Crippen molar-refractivity contribution in [1.82, 2.24) is 14.9 Å². The van der Waals surface area contributed by atoms with Crippen molar-refractivity contribution >= 4 is 29.9 Å². The summed E-state index contributed by atoms with van der Waals surface area (Å²) in [4.78, 5) is 37.3. The molecule has 2 rings (SSSR count). The number of nitrogens with two attached hydrogens (primary N) is 1. The Labute approximate surface area is 150 Å². The van der Waals surface area contributed by atoms with Crippen LogP contribution in [0.3, 0.4) is 0 Å². The van der Waals surface area contributed by atoms with E-state index in [1.54, 1.807) is 56.7 Å². The van der Waals surface area contributed by atoms with Gasteiger partial charge in [0.25, 0.3) is 5.91 Å². The van der Waals surface area contributed by atoms with Crippen LogP contribution >= 0.6 is 0 Å². The number of aliphatic imine (C=N–C) groups is 1. The van der Waals surface area contributed by atoms with Gasteiger partial charge in [0.05, 0.1) is 11.6 Å². The van der Waals surface area contributed by atoms with Crippen LogP contribution < -0.4 is 11.1 Å². The maximum absolute atomic E-state index is 12.8. The molecule has 1 aromatic heterocycles. The van der Waals surface area contributed by atoms with Gasteiger partial charge in [0.15, 0.2) is 6.29 Å². The third-order valence-corrected chi connectivity index (χ3v) is 3.66. The zero-order valence-electron chi connectivity index (χ0n) is 14.4. The number of aldehydes is 1. The Morgan fingerprint density at radius 1 is 1.31 bits per heavy atom. The topological polar surface area (TPSA) is 137 Å². The number of hydrogen-bond donors (Lipinski definition) is 3. The van der Waals surface area contributed by atoms with Gasteiger partial charge in [-0.1, -0.05) is 18.2 Å². The van der Waals surface area contributed by atoms with Crippen molar-refractivity contribution in [1.29, 1.82) is 5.41 Å². The second kappa shape index (κ2) is 8.47. The molecule has 2 aromatic rings. The van der Waals surface area contributed by atoms with E-state index < -0.39 is 12.0 Å². The number of nitrogens with zero attached hydrogens (tertiary/aromatic N) is 4. The molecule has 1 amide bonds. The van der Waals surface area contributed by atoms with Crippen molar-refractivity contribution in [2.24, 2.45) is 10.7 Å². The van der Waals surface area contributed by atoms with E-state index in [9.17, 15) is 9.59 Å². The molecule has 0 spiro atoms. The Morgan fingerprint density at radius 3 is 2.58 bits per heavy atom. The number of likely N-dealkylation sites (N-methyl/N-ethyl adjacent to an activating group) is 1. The van der Waals surface area contributed by atoms with E-state index in [2.05, 4.69) is 20.3 Å². The minimum absolute atomic E-state index is 0.225. The Kier molecular flexibility index (Phi) is 6.10. The molecule has 1 aromatic carbocycles. The smallest absolute Gasteiger partial charge is 0.254 e. The van der Waals surface area contributed by atoms with E-state index in [0.29, 0.717) is 11.8 Å². The molecule has 0 aliphatic heterocycles. The van der Waals surface area contributed by atoms with Crippen molar-refractivity contribution in [3.05, 3.63) is 53.9 Å². The van der Waals surface area contributed by atoms with Gasteiger partial charge in [-0.15, -0.1) is 0 Å². The number of guanidine groups is 1. The van der Waals surface area contributed by atoms with Gasteiger partial charge in [-0.2, -0.15) is 4.99 Å². The molecule has 0 radical (unpaired) electrons. The predicted octanol–water partition coefficient (Wildman–Crippen LogP) is 1.15. The van der Waals surface area contributed by atoms with Gasteiger partial charge in [0.1, 0.15) is 5.84 Å². The van der Waals surface area contributed by atoms with E-state index in [1.165, 1.54) is 4.90 Å². The van der Waals surface area contributed by atoms with Crippen molar-refractivity contribution in [3.63, 3.8) is 0 Å². The SMILES string of the molecule is CC(/C(=N/C(=N)N)Nc1ncccn1)N(C)C(=O)c1ccccc1C=O. The molecule has 0 aliphatic rings. The number of carbonyl (C=O) groups is 2. The number of rotatable bonds is 5. The fourth-order valence-corrected chi connectivity index (χ4v) is 2.18. The highest BCUT2D eigenvalue weighted by Crippen LogP contribution is 2.12. The van der Waals surface area contributed by atoms with Crippen molar-refractivity contribution in [2.45, 2.75) is 13.0 Å². The van der Waals surface area contributed by atoms with E-state index in [-0.39, 0.29) is 23.3 Å². The molecule has 26 heavy (non-hydrogen) atoms. The first kappa shape index (κ1) is 18.7. The van der Waals surface area contributed by atoms with Crippen LogP contribution in [0.25, 0.3) is 0 Å². The van der Waals surface area contributed by atoms with Crippen molar-refractivity contribution in [2.75, 3.05) is 12.4 Å². The molecule has 0 fully saturated rings. The first-order valence-corrected chi connectivity index (χ1v) is 7.72.